The molecule has 0 bridgehead atoms. The summed E-state index contributed by atoms with van der Waals surface area (Å²) >= 11 is 0. The Morgan fingerprint density at radius 2 is 2.03 bits per heavy atom. The van der Waals surface area contributed by atoms with Crippen LogP contribution in [0.2, 0.25) is 0 Å². The summed E-state index contributed by atoms with van der Waals surface area (Å²) in [6.07, 6.45) is 14.2. The average molecular weight is 396 g/mol. The molecule has 3 aliphatic rings. The van der Waals surface area contributed by atoms with Crippen LogP contribution in [0.4, 0.5) is 0 Å². The third kappa shape index (κ3) is 3.67. The molecule has 4 atom stereocenters. The second-order valence-electron chi connectivity index (χ2n) is 9.90. The number of piperidine rings is 1. The van der Waals surface area contributed by atoms with Gasteiger partial charge in [0.25, 0.3) is 0 Å². The van der Waals surface area contributed by atoms with Crippen LogP contribution in [0, 0.1) is 11.3 Å². The molecular weight excluding hydrogens is 358 g/mol. The van der Waals surface area contributed by atoms with Gasteiger partial charge in [0.15, 0.2) is 0 Å². The van der Waals surface area contributed by atoms with E-state index in [0.29, 0.717) is 12.0 Å². The first kappa shape index (κ1) is 20.7. The molecule has 1 aromatic rings. The lowest BCUT2D eigenvalue weighted by molar-refractivity contribution is -0.149. The van der Waals surface area contributed by atoms with E-state index in [4.69, 9.17) is 0 Å². The molecule has 29 heavy (non-hydrogen) atoms. The number of allylic oxidation sites excluding steroid dienone is 1. The maximum absolute atomic E-state index is 12.2. The molecule has 1 aromatic carbocycles. The van der Waals surface area contributed by atoms with Crippen LogP contribution in [0.25, 0.3) is 6.08 Å². The van der Waals surface area contributed by atoms with Gasteiger partial charge in [-0.1, -0.05) is 75.9 Å². The van der Waals surface area contributed by atoms with Crippen LogP contribution in [-0.2, 0) is 10.2 Å². The van der Waals surface area contributed by atoms with Gasteiger partial charge in [-0.05, 0) is 55.7 Å². The van der Waals surface area contributed by atoms with Gasteiger partial charge >= 0.3 is 5.97 Å². The zero-order valence-electron chi connectivity index (χ0n) is 18.2. The van der Waals surface area contributed by atoms with Gasteiger partial charge in [-0.2, -0.15) is 0 Å². The molecule has 2 unspecified atom stereocenters. The van der Waals surface area contributed by atoms with Gasteiger partial charge in [-0.3, -0.25) is 9.69 Å². The Morgan fingerprint density at radius 3 is 2.79 bits per heavy atom. The molecular formula is C26H37NO2. The largest absolute Gasteiger partial charge is 0.481 e. The van der Waals surface area contributed by atoms with Crippen molar-refractivity contribution in [2.24, 2.45) is 11.3 Å². The highest BCUT2D eigenvalue weighted by Gasteiger charge is 2.49. The van der Waals surface area contributed by atoms with Gasteiger partial charge in [0.2, 0.25) is 0 Å². The van der Waals surface area contributed by atoms with Crippen molar-refractivity contribution in [3.8, 4) is 0 Å². The third-order valence-corrected chi connectivity index (χ3v) is 8.28. The van der Waals surface area contributed by atoms with Crippen LogP contribution in [0.15, 0.2) is 30.3 Å². The number of likely N-dealkylation sites (tertiary alicyclic amines) is 1. The summed E-state index contributed by atoms with van der Waals surface area (Å²) in [7, 11) is 0. The number of hydrogen-bond donors (Lipinski definition) is 1. The summed E-state index contributed by atoms with van der Waals surface area (Å²) in [6, 6.07) is 9.28. The lowest BCUT2D eigenvalue weighted by atomic mass is 9.67. The standard InChI is InChI=1S/C26H37NO2/c1-3-4-5-8-13-25(24(28)29)14-12-22(18-25)27-17-16-26(20(2)19-27)15-11-21-9-6-7-10-23(21)26/h6-7,9-11,15,20,22H,3-5,8,12-14,16-19H2,1-2H3,(H,28,29)/t20-,22?,25?,26-/m0/s1. The first-order valence-electron chi connectivity index (χ1n) is 11.8. The molecule has 1 saturated carbocycles. The topological polar surface area (TPSA) is 40.5 Å². The van der Waals surface area contributed by atoms with Crippen molar-refractivity contribution in [3.63, 3.8) is 0 Å². The number of aliphatic carboxylic acids is 1. The van der Waals surface area contributed by atoms with Crippen molar-refractivity contribution >= 4 is 12.0 Å². The first-order chi connectivity index (χ1) is 14.0. The van der Waals surface area contributed by atoms with Crippen LogP contribution in [0.1, 0.15) is 82.8 Å². The van der Waals surface area contributed by atoms with Crippen molar-refractivity contribution in [3.05, 3.63) is 41.5 Å². The number of fused-ring (bicyclic) bond motifs is 2. The molecule has 0 amide bonds. The van der Waals surface area contributed by atoms with Crippen LogP contribution in [-0.4, -0.2) is 35.1 Å². The molecule has 1 spiro atoms. The molecule has 0 aromatic heterocycles. The van der Waals surface area contributed by atoms with Crippen molar-refractivity contribution in [2.75, 3.05) is 13.1 Å². The maximum atomic E-state index is 12.2. The van der Waals surface area contributed by atoms with Crippen molar-refractivity contribution in [1.82, 2.24) is 4.90 Å². The monoisotopic (exact) mass is 395 g/mol. The highest BCUT2D eigenvalue weighted by Crippen LogP contribution is 2.50. The van der Waals surface area contributed by atoms with E-state index in [1.54, 1.807) is 0 Å². The number of nitrogens with zero attached hydrogens (tertiary/aromatic N) is 1. The molecule has 2 fully saturated rings. The lowest BCUT2D eigenvalue weighted by Crippen LogP contribution is -2.50. The summed E-state index contributed by atoms with van der Waals surface area (Å²) in [4.78, 5) is 14.8. The summed E-state index contributed by atoms with van der Waals surface area (Å²) < 4.78 is 0. The third-order valence-electron chi connectivity index (χ3n) is 8.28. The minimum atomic E-state index is -0.550. The maximum Gasteiger partial charge on any atom is 0.309 e. The summed E-state index contributed by atoms with van der Waals surface area (Å²) in [5, 5.41) is 10.0. The Morgan fingerprint density at radius 1 is 1.21 bits per heavy atom. The lowest BCUT2D eigenvalue weighted by Gasteiger charge is -2.46. The first-order valence-corrected chi connectivity index (χ1v) is 11.8. The Kier molecular flexibility index (Phi) is 5.88. The Bertz CT molecular complexity index is 772. The number of carboxylic acid groups (broad SMARTS) is 1. The fraction of sp³-hybridized carbons (Fsp3) is 0.654. The van der Waals surface area contributed by atoms with Gasteiger partial charge < -0.3 is 5.11 Å². The molecule has 1 aliphatic heterocycles. The zero-order chi connectivity index (χ0) is 20.5. The van der Waals surface area contributed by atoms with E-state index >= 15 is 0 Å². The van der Waals surface area contributed by atoms with Gasteiger partial charge in [0, 0.05) is 18.0 Å². The number of hydrogen-bond acceptors (Lipinski definition) is 2. The minimum Gasteiger partial charge on any atom is -0.481 e. The number of unbranched alkanes of at least 4 members (excludes halogenated alkanes) is 3. The smallest absolute Gasteiger partial charge is 0.309 e. The van der Waals surface area contributed by atoms with Gasteiger partial charge in [-0.25, -0.2) is 0 Å². The average Bonchev–Trinajstić information content (AvgIpc) is 3.32. The molecule has 4 rings (SSSR count). The summed E-state index contributed by atoms with van der Waals surface area (Å²) in [5.41, 5.74) is 2.58. The van der Waals surface area contributed by atoms with Gasteiger partial charge in [0.1, 0.15) is 0 Å². The van der Waals surface area contributed by atoms with E-state index in [1.165, 1.54) is 30.4 Å². The quantitative estimate of drug-likeness (QED) is 0.586. The number of benzene rings is 1. The highest BCUT2D eigenvalue weighted by molar-refractivity contribution is 5.75. The molecule has 0 radical (unpaired) electrons. The molecule has 3 nitrogen and oxygen atoms in total. The number of rotatable bonds is 7. The fourth-order valence-corrected chi connectivity index (χ4v) is 6.38. The second kappa shape index (κ2) is 8.26. The van der Waals surface area contributed by atoms with Crippen LogP contribution in [0.5, 0.6) is 0 Å². The number of carbonyl (C=O) groups is 1. The molecule has 1 saturated heterocycles. The van der Waals surface area contributed by atoms with Crippen molar-refractivity contribution in [2.45, 2.75) is 83.1 Å². The van der Waals surface area contributed by atoms with E-state index < -0.39 is 11.4 Å². The summed E-state index contributed by atoms with van der Waals surface area (Å²) in [5.74, 6) is 0.00575. The molecule has 3 heteroatoms. The van der Waals surface area contributed by atoms with Gasteiger partial charge in [0.05, 0.1) is 5.41 Å². The van der Waals surface area contributed by atoms with Crippen LogP contribution in [0.3, 0.4) is 0 Å². The van der Waals surface area contributed by atoms with Gasteiger partial charge in [-0.15, -0.1) is 0 Å². The predicted octanol–water partition coefficient (Wildman–Crippen LogP) is 5.89. The Labute approximate surface area is 176 Å². The van der Waals surface area contributed by atoms with E-state index in [1.807, 2.05) is 0 Å². The van der Waals surface area contributed by atoms with Crippen LogP contribution >= 0.6 is 0 Å². The predicted molar refractivity (Wildman–Crippen MR) is 119 cm³/mol. The van der Waals surface area contributed by atoms with E-state index in [-0.39, 0.29) is 5.41 Å². The van der Waals surface area contributed by atoms with E-state index in [2.05, 4.69) is 55.2 Å². The zero-order valence-corrected chi connectivity index (χ0v) is 18.2. The molecule has 158 valence electrons. The molecule has 1 N–H and O–H groups in total. The Balaban J connectivity index is 1.41. The minimum absolute atomic E-state index is 0.176. The van der Waals surface area contributed by atoms with Crippen LogP contribution < -0.4 is 0 Å². The van der Waals surface area contributed by atoms with Crippen molar-refractivity contribution in [1.29, 1.82) is 0 Å². The molecule has 2 aliphatic carbocycles. The van der Waals surface area contributed by atoms with E-state index in [9.17, 15) is 9.90 Å². The normalized spacial score (nSPS) is 34.0. The highest BCUT2D eigenvalue weighted by atomic mass is 16.4. The number of carboxylic acids is 1. The van der Waals surface area contributed by atoms with Crippen molar-refractivity contribution < 1.29 is 9.90 Å². The molecule has 1 heterocycles. The summed E-state index contributed by atoms with van der Waals surface area (Å²) in [6.45, 7) is 6.76. The second-order valence-corrected chi connectivity index (χ2v) is 9.90. The van der Waals surface area contributed by atoms with E-state index in [0.717, 1.165) is 51.6 Å². The fourth-order valence-electron chi connectivity index (χ4n) is 6.38. The Hall–Kier alpha value is -1.61. The SMILES string of the molecule is CCCCCCC1(C(=O)O)CCC(N2CC[C@@]3(C=Cc4ccccc43)[C@@H](C)C2)C1.